The van der Waals surface area contributed by atoms with E-state index in [1.807, 2.05) is 36.0 Å². The summed E-state index contributed by atoms with van der Waals surface area (Å²) in [6.45, 7) is 0. The number of halogens is 2. The molecule has 0 bridgehead atoms. The first kappa shape index (κ1) is 13.6. The van der Waals surface area contributed by atoms with E-state index in [0.717, 1.165) is 27.4 Å². The first-order chi connectivity index (χ1) is 8.69. The maximum atomic E-state index is 13.4. The Bertz CT molecular complexity index is 758. The van der Waals surface area contributed by atoms with Crippen LogP contribution in [0.4, 0.5) is 4.39 Å². The quantitative estimate of drug-likeness (QED) is 0.450. The second-order valence-corrected chi connectivity index (χ2v) is 4.35. The van der Waals surface area contributed by atoms with Crippen LogP contribution in [0.1, 0.15) is 0 Å². The molecule has 2 nitrogen and oxygen atoms in total. The van der Waals surface area contributed by atoms with Crippen LogP contribution < -0.4 is 21.7 Å². The molecule has 0 amide bonds. The van der Waals surface area contributed by atoms with Gasteiger partial charge < -0.3 is 17.1 Å². The van der Waals surface area contributed by atoms with Gasteiger partial charge in [0.2, 0.25) is 5.52 Å². The van der Waals surface area contributed by atoms with E-state index in [0.29, 0.717) is 0 Å². The molecule has 0 saturated heterocycles. The second kappa shape index (κ2) is 5.02. The van der Waals surface area contributed by atoms with Crippen LogP contribution in [0, 0.1) is 5.82 Å². The Hall–Kier alpha value is -1.87. The average molecular weight is 278 g/mol. The lowest BCUT2D eigenvalue weighted by Gasteiger charge is -2.05. The number of hydrogen-bond acceptors (Lipinski definition) is 1. The van der Waals surface area contributed by atoms with Crippen LogP contribution in [0.3, 0.4) is 0 Å². The Morgan fingerprint density at radius 3 is 2.58 bits per heavy atom. The Labute approximate surface area is 116 Å². The van der Waals surface area contributed by atoms with Crippen molar-refractivity contribution >= 4 is 21.7 Å². The molecule has 0 aliphatic carbocycles. The lowest BCUT2D eigenvalue weighted by Crippen LogP contribution is -3.00. The van der Waals surface area contributed by atoms with E-state index in [4.69, 9.17) is 4.74 Å². The molecule has 0 atom stereocenters. The minimum Gasteiger partial charge on any atom is -1.00 e. The van der Waals surface area contributed by atoms with Gasteiger partial charge in [0.15, 0.2) is 6.20 Å². The topological polar surface area (TPSA) is 13.1 Å². The van der Waals surface area contributed by atoms with E-state index in [1.54, 1.807) is 19.2 Å². The summed E-state index contributed by atoms with van der Waals surface area (Å²) >= 11 is 0. The van der Waals surface area contributed by atoms with E-state index in [-0.39, 0.29) is 18.2 Å². The average Bonchev–Trinajstić information content (AvgIpc) is 2.38. The van der Waals surface area contributed by atoms with Gasteiger partial charge in [0.1, 0.15) is 18.6 Å². The van der Waals surface area contributed by atoms with Gasteiger partial charge in [-0.2, -0.15) is 0 Å². The van der Waals surface area contributed by atoms with Crippen LogP contribution in [-0.2, 0) is 7.05 Å². The fourth-order valence-corrected chi connectivity index (χ4v) is 2.33. The minimum absolute atomic E-state index is 0. The minimum atomic E-state index is -0.217. The number of aryl methyl sites for hydroxylation is 1. The number of methoxy groups -OCH3 is 1. The first-order valence-corrected chi connectivity index (χ1v) is 5.75. The van der Waals surface area contributed by atoms with Crippen LogP contribution in [0.5, 0.6) is 5.75 Å². The van der Waals surface area contributed by atoms with Gasteiger partial charge in [0, 0.05) is 11.5 Å². The number of nitrogens with zero attached hydrogens (tertiary/aromatic N) is 1. The third-order valence-electron chi connectivity index (χ3n) is 3.22. The molecule has 3 aromatic rings. The zero-order valence-electron chi connectivity index (χ0n) is 10.7. The highest BCUT2D eigenvalue weighted by molar-refractivity contribution is 6.04. The highest BCUT2D eigenvalue weighted by Gasteiger charge is 2.11. The highest BCUT2D eigenvalue weighted by Crippen LogP contribution is 2.26. The number of benzene rings is 2. The van der Waals surface area contributed by atoms with Gasteiger partial charge in [0.25, 0.3) is 0 Å². The van der Waals surface area contributed by atoms with Crippen molar-refractivity contribution in [2.45, 2.75) is 0 Å². The van der Waals surface area contributed by atoms with Crippen LogP contribution in [0.2, 0.25) is 0 Å². The Morgan fingerprint density at radius 2 is 1.84 bits per heavy atom. The normalized spacial score (nSPS) is 10.5. The van der Waals surface area contributed by atoms with Gasteiger partial charge in [-0.05, 0) is 30.3 Å². The standard InChI is InChI=1S/C15H13FNO.ClH/c1-17-9-10-7-12(18-2)4-5-13(10)14-8-11(16)3-6-15(14)17;/h3-9H,1-2H3;1H/q+1;/p-1. The maximum absolute atomic E-state index is 13.4. The fraction of sp³-hybridized carbons (Fsp3) is 0.133. The third kappa shape index (κ3) is 2.22. The van der Waals surface area contributed by atoms with Crippen molar-refractivity contribution in [3.05, 3.63) is 48.4 Å². The maximum Gasteiger partial charge on any atom is 0.213 e. The number of pyridine rings is 1. The van der Waals surface area contributed by atoms with Crippen LogP contribution in [-0.4, -0.2) is 7.11 Å². The number of rotatable bonds is 1. The predicted octanol–water partition coefficient (Wildman–Crippen LogP) is -0.0308. The summed E-state index contributed by atoms with van der Waals surface area (Å²) in [5.41, 5.74) is 1.01. The van der Waals surface area contributed by atoms with E-state index in [2.05, 4.69) is 0 Å². The smallest absolute Gasteiger partial charge is 0.213 e. The molecule has 1 heterocycles. The van der Waals surface area contributed by atoms with Crippen molar-refractivity contribution in [1.29, 1.82) is 0 Å². The summed E-state index contributed by atoms with van der Waals surface area (Å²) in [5, 5.41) is 2.98. The molecule has 19 heavy (non-hydrogen) atoms. The summed E-state index contributed by atoms with van der Waals surface area (Å²) in [7, 11) is 3.60. The van der Waals surface area contributed by atoms with Gasteiger partial charge in [0.05, 0.1) is 17.9 Å². The van der Waals surface area contributed by atoms with Gasteiger partial charge in [-0.15, -0.1) is 0 Å². The molecule has 3 rings (SSSR count). The van der Waals surface area contributed by atoms with Gasteiger partial charge in [-0.3, -0.25) is 0 Å². The van der Waals surface area contributed by atoms with E-state index >= 15 is 0 Å². The second-order valence-electron chi connectivity index (χ2n) is 4.35. The molecule has 98 valence electrons. The zero-order chi connectivity index (χ0) is 12.7. The van der Waals surface area contributed by atoms with Crippen molar-refractivity contribution in [3.63, 3.8) is 0 Å². The van der Waals surface area contributed by atoms with Gasteiger partial charge in [-0.1, -0.05) is 0 Å². The zero-order valence-corrected chi connectivity index (χ0v) is 11.4. The predicted molar refractivity (Wildman–Crippen MR) is 69.1 cm³/mol. The molecule has 0 N–H and O–H groups in total. The Balaban J connectivity index is 0.00000133. The van der Waals surface area contributed by atoms with E-state index < -0.39 is 0 Å². The summed E-state index contributed by atoms with van der Waals surface area (Å²) < 4.78 is 20.6. The molecule has 0 aliphatic rings. The molecule has 0 radical (unpaired) electrons. The van der Waals surface area contributed by atoms with E-state index in [9.17, 15) is 4.39 Å². The largest absolute Gasteiger partial charge is 1.00 e. The van der Waals surface area contributed by atoms with Crippen LogP contribution in [0.25, 0.3) is 21.7 Å². The number of aromatic nitrogens is 1. The van der Waals surface area contributed by atoms with Crippen molar-refractivity contribution in [2.24, 2.45) is 7.05 Å². The molecule has 1 aromatic heterocycles. The number of ether oxygens (including phenoxy) is 1. The van der Waals surface area contributed by atoms with Crippen molar-refractivity contribution in [1.82, 2.24) is 0 Å². The monoisotopic (exact) mass is 277 g/mol. The summed E-state index contributed by atoms with van der Waals surface area (Å²) in [4.78, 5) is 0. The van der Waals surface area contributed by atoms with Crippen molar-refractivity contribution in [3.8, 4) is 5.75 Å². The molecule has 4 heteroatoms. The summed E-state index contributed by atoms with van der Waals surface area (Å²) in [6.07, 6.45) is 2.03. The lowest BCUT2D eigenvalue weighted by atomic mass is 10.1. The Morgan fingerprint density at radius 1 is 1.05 bits per heavy atom. The van der Waals surface area contributed by atoms with Crippen LogP contribution >= 0.6 is 0 Å². The highest BCUT2D eigenvalue weighted by atomic mass is 35.5. The molecule has 0 fully saturated rings. The molecule has 0 aliphatic heterocycles. The molecule has 2 aromatic carbocycles. The SMILES string of the molecule is COc1ccc2c(c1)c[n+](C)c1ccc(F)cc21.[Cl-]. The van der Waals surface area contributed by atoms with E-state index in [1.165, 1.54) is 6.07 Å². The van der Waals surface area contributed by atoms with Crippen molar-refractivity contribution in [2.75, 3.05) is 7.11 Å². The lowest BCUT2D eigenvalue weighted by molar-refractivity contribution is -0.643. The third-order valence-corrected chi connectivity index (χ3v) is 3.22. The molecular weight excluding hydrogens is 265 g/mol. The first-order valence-electron chi connectivity index (χ1n) is 5.75. The number of fused-ring (bicyclic) bond motifs is 3. The molecule has 0 unspecified atom stereocenters. The molecular formula is C15H13ClFNO. The fourth-order valence-electron chi connectivity index (χ4n) is 2.33. The Kier molecular flexibility index (Phi) is 3.58. The molecule has 0 saturated carbocycles. The number of hydrogen-bond donors (Lipinski definition) is 0. The van der Waals surface area contributed by atoms with Crippen molar-refractivity contribution < 1.29 is 26.1 Å². The summed E-state index contributed by atoms with van der Waals surface area (Å²) in [6, 6.07) is 10.7. The van der Waals surface area contributed by atoms with Gasteiger partial charge in [-0.25, -0.2) is 8.96 Å². The van der Waals surface area contributed by atoms with Crippen LogP contribution in [0.15, 0.2) is 42.6 Å². The molecule has 0 spiro atoms. The summed E-state index contributed by atoms with van der Waals surface area (Å²) in [5.74, 6) is 0.587. The van der Waals surface area contributed by atoms with Gasteiger partial charge >= 0.3 is 0 Å².